The molecule has 2 heterocycles. The first-order valence-corrected chi connectivity index (χ1v) is 13.7. The first kappa shape index (κ1) is 27.6. The Balaban J connectivity index is 1.38. The van der Waals surface area contributed by atoms with Crippen LogP contribution in [-0.2, 0) is 9.53 Å². The summed E-state index contributed by atoms with van der Waals surface area (Å²) in [5.41, 5.74) is 4.16. The van der Waals surface area contributed by atoms with Gasteiger partial charge in [-0.15, -0.1) is 0 Å². The molecule has 3 aromatic carbocycles. The number of amides is 2. The van der Waals surface area contributed by atoms with Gasteiger partial charge < -0.3 is 9.64 Å². The highest BCUT2D eigenvalue weighted by Crippen LogP contribution is 2.24. The fourth-order valence-electron chi connectivity index (χ4n) is 4.57. The molecule has 206 valence electrons. The van der Waals surface area contributed by atoms with E-state index in [1.807, 2.05) is 72.3 Å². The highest BCUT2D eigenvalue weighted by atomic mass is 35.5. The van der Waals surface area contributed by atoms with E-state index in [0.29, 0.717) is 42.8 Å². The van der Waals surface area contributed by atoms with Crippen LogP contribution in [0.15, 0.2) is 85.1 Å². The van der Waals surface area contributed by atoms with E-state index in [0.717, 1.165) is 35.6 Å². The van der Waals surface area contributed by atoms with Crippen LogP contribution < -0.4 is 5.32 Å². The molecule has 2 amide bonds. The van der Waals surface area contributed by atoms with Crippen LogP contribution in [0.4, 0.5) is 5.95 Å². The predicted molar refractivity (Wildman–Crippen MR) is 157 cm³/mol. The average Bonchev–Trinajstić information content (AvgIpc) is 3.40. The first-order valence-electron chi connectivity index (χ1n) is 13.3. The second-order valence-electron chi connectivity index (χ2n) is 9.76. The van der Waals surface area contributed by atoms with Crippen molar-refractivity contribution in [2.75, 3.05) is 51.3 Å². The van der Waals surface area contributed by atoms with Gasteiger partial charge in [0, 0.05) is 54.2 Å². The van der Waals surface area contributed by atoms with Crippen molar-refractivity contribution < 1.29 is 14.3 Å². The molecule has 4 aromatic rings. The number of benzene rings is 3. The molecule has 0 bridgehead atoms. The normalized spacial score (nSPS) is 13.7. The molecule has 9 heteroatoms. The molecule has 1 aromatic heterocycles. The summed E-state index contributed by atoms with van der Waals surface area (Å²) in [5, 5.41) is 3.51. The summed E-state index contributed by atoms with van der Waals surface area (Å²) in [6.45, 7) is 5.87. The maximum atomic E-state index is 13.5. The van der Waals surface area contributed by atoms with Gasteiger partial charge >= 0.3 is 0 Å². The van der Waals surface area contributed by atoms with Crippen LogP contribution in [0.1, 0.15) is 15.9 Å². The number of hydrogen-bond donors (Lipinski definition) is 1. The smallest absolute Gasteiger partial charge is 0.254 e. The number of carbonyl (C=O) groups excluding carboxylic acids is 2. The minimum absolute atomic E-state index is 0.118. The van der Waals surface area contributed by atoms with Gasteiger partial charge in [0.2, 0.25) is 11.9 Å². The molecular formula is C31H32ClN5O3. The minimum Gasteiger partial charge on any atom is -0.379 e. The van der Waals surface area contributed by atoms with Crippen molar-refractivity contribution in [3.8, 4) is 16.9 Å². The van der Waals surface area contributed by atoms with Crippen molar-refractivity contribution in [2.45, 2.75) is 6.92 Å². The number of nitrogens with one attached hydrogen (secondary N) is 1. The number of carbonyl (C=O) groups is 2. The van der Waals surface area contributed by atoms with Crippen LogP contribution in [0, 0.1) is 6.92 Å². The number of halogens is 1. The molecule has 1 fully saturated rings. The third-order valence-corrected chi connectivity index (χ3v) is 7.09. The third-order valence-electron chi connectivity index (χ3n) is 6.84. The van der Waals surface area contributed by atoms with Gasteiger partial charge in [-0.05, 0) is 43.3 Å². The molecule has 5 rings (SSSR count). The monoisotopic (exact) mass is 557 g/mol. The largest absolute Gasteiger partial charge is 0.379 e. The number of nitrogens with zero attached hydrogens (tertiary/aromatic N) is 4. The lowest BCUT2D eigenvalue weighted by molar-refractivity contribution is -0.117. The van der Waals surface area contributed by atoms with E-state index < -0.39 is 0 Å². The van der Waals surface area contributed by atoms with Gasteiger partial charge in [0.05, 0.1) is 18.9 Å². The molecule has 1 saturated heterocycles. The molecule has 8 nitrogen and oxygen atoms in total. The fourth-order valence-corrected chi connectivity index (χ4v) is 4.70. The van der Waals surface area contributed by atoms with Gasteiger partial charge in [-0.2, -0.15) is 0 Å². The zero-order valence-corrected chi connectivity index (χ0v) is 23.2. The lowest BCUT2D eigenvalue weighted by atomic mass is 10.2. The Labute approximate surface area is 239 Å². The molecule has 0 atom stereocenters. The Morgan fingerprint density at radius 3 is 2.38 bits per heavy atom. The van der Waals surface area contributed by atoms with Crippen molar-refractivity contribution in [2.24, 2.45) is 0 Å². The zero-order chi connectivity index (χ0) is 27.9. The maximum absolute atomic E-state index is 13.5. The molecule has 0 saturated carbocycles. The zero-order valence-electron chi connectivity index (χ0n) is 22.4. The number of ether oxygens (including phenoxy) is 1. The summed E-state index contributed by atoms with van der Waals surface area (Å²) >= 11 is 6.04. The van der Waals surface area contributed by atoms with E-state index in [2.05, 4.69) is 10.2 Å². The van der Waals surface area contributed by atoms with E-state index in [-0.39, 0.29) is 18.4 Å². The van der Waals surface area contributed by atoms with Crippen LogP contribution in [0.5, 0.6) is 0 Å². The van der Waals surface area contributed by atoms with Crippen molar-refractivity contribution in [1.29, 1.82) is 0 Å². The van der Waals surface area contributed by atoms with Crippen molar-refractivity contribution >= 4 is 29.4 Å². The second kappa shape index (κ2) is 12.9. The standard InChI is InChI=1S/C31H32ClN5O3/c1-23-7-13-27(14-8-23)37-21-28(24-5-3-2-4-6-24)33-31(37)34-29(38)22-36(16-15-35-17-19-40-20-18-35)30(39)25-9-11-26(32)12-10-25/h2-14,21H,15-20,22H2,1H3,(H,33,34,38). The van der Waals surface area contributed by atoms with Gasteiger partial charge in [0.15, 0.2) is 0 Å². The highest BCUT2D eigenvalue weighted by molar-refractivity contribution is 6.30. The number of imidazole rings is 1. The first-order chi connectivity index (χ1) is 19.5. The number of anilines is 1. The SMILES string of the molecule is Cc1ccc(-n2cc(-c3ccccc3)nc2NC(=O)CN(CCN2CCOCC2)C(=O)c2ccc(Cl)cc2)cc1. The van der Waals surface area contributed by atoms with E-state index in [4.69, 9.17) is 21.3 Å². The Morgan fingerprint density at radius 2 is 1.68 bits per heavy atom. The summed E-state index contributed by atoms with van der Waals surface area (Å²) in [4.78, 5) is 35.5. The average molecular weight is 558 g/mol. The molecule has 1 aliphatic heterocycles. The quantitative estimate of drug-likeness (QED) is 0.316. The molecule has 1 aliphatic rings. The number of aromatic nitrogens is 2. The molecule has 0 unspecified atom stereocenters. The number of hydrogen-bond acceptors (Lipinski definition) is 5. The third kappa shape index (κ3) is 6.96. The number of morpholine rings is 1. The molecule has 0 radical (unpaired) electrons. The van der Waals surface area contributed by atoms with E-state index in [9.17, 15) is 9.59 Å². The Morgan fingerprint density at radius 1 is 0.975 bits per heavy atom. The molecule has 0 aliphatic carbocycles. The summed E-state index contributed by atoms with van der Waals surface area (Å²) in [6.07, 6.45) is 1.91. The molecule has 1 N–H and O–H groups in total. The van der Waals surface area contributed by atoms with Gasteiger partial charge in [-0.3, -0.25) is 24.4 Å². The van der Waals surface area contributed by atoms with Crippen molar-refractivity contribution in [3.63, 3.8) is 0 Å². The van der Waals surface area contributed by atoms with Crippen molar-refractivity contribution in [3.05, 3.63) is 101 Å². The van der Waals surface area contributed by atoms with Crippen molar-refractivity contribution in [1.82, 2.24) is 19.4 Å². The van der Waals surface area contributed by atoms with E-state index in [1.54, 1.807) is 29.2 Å². The van der Waals surface area contributed by atoms with Crippen LogP contribution >= 0.6 is 11.6 Å². The van der Waals surface area contributed by atoms with Gasteiger partial charge in [0.1, 0.15) is 6.54 Å². The van der Waals surface area contributed by atoms with Crippen LogP contribution in [-0.4, -0.2) is 77.1 Å². The van der Waals surface area contributed by atoms with E-state index >= 15 is 0 Å². The Kier molecular flexibility index (Phi) is 8.91. The van der Waals surface area contributed by atoms with Gasteiger partial charge in [-0.1, -0.05) is 59.6 Å². The Bertz CT molecular complexity index is 1430. The highest BCUT2D eigenvalue weighted by Gasteiger charge is 2.22. The lowest BCUT2D eigenvalue weighted by Gasteiger charge is -2.30. The number of rotatable bonds is 9. The summed E-state index contributed by atoms with van der Waals surface area (Å²) in [5.74, 6) is -0.172. The van der Waals surface area contributed by atoms with Crippen LogP contribution in [0.3, 0.4) is 0 Å². The predicted octanol–water partition coefficient (Wildman–Crippen LogP) is 4.91. The summed E-state index contributed by atoms with van der Waals surface area (Å²) < 4.78 is 7.31. The summed E-state index contributed by atoms with van der Waals surface area (Å²) in [7, 11) is 0. The van der Waals surface area contributed by atoms with Crippen LogP contribution in [0.25, 0.3) is 16.9 Å². The molecule has 0 spiro atoms. The maximum Gasteiger partial charge on any atom is 0.254 e. The lowest BCUT2D eigenvalue weighted by Crippen LogP contribution is -2.45. The number of aryl methyl sites for hydroxylation is 1. The molecular weight excluding hydrogens is 526 g/mol. The second-order valence-corrected chi connectivity index (χ2v) is 10.2. The van der Waals surface area contributed by atoms with Gasteiger partial charge in [0.25, 0.3) is 5.91 Å². The topological polar surface area (TPSA) is 79.7 Å². The van der Waals surface area contributed by atoms with Crippen LogP contribution in [0.2, 0.25) is 5.02 Å². The van der Waals surface area contributed by atoms with Gasteiger partial charge in [-0.25, -0.2) is 4.98 Å². The Hall–Kier alpha value is -3.98. The fraction of sp³-hybridized carbons (Fsp3) is 0.258. The molecule has 40 heavy (non-hydrogen) atoms. The minimum atomic E-state index is -0.331. The summed E-state index contributed by atoms with van der Waals surface area (Å²) in [6, 6.07) is 24.5. The van der Waals surface area contributed by atoms with E-state index in [1.165, 1.54) is 0 Å².